The summed E-state index contributed by atoms with van der Waals surface area (Å²) in [5, 5.41) is 31.9. The molecule has 6 saturated carbocycles. The number of hydrogen-bond donors (Lipinski definition) is 3. The van der Waals surface area contributed by atoms with E-state index in [1.807, 2.05) is 13.8 Å². The molecule has 0 aromatic rings. The number of aliphatic hydroxyl groups is 3. The highest BCUT2D eigenvalue weighted by atomic mass is 33.0. The molecule has 8 nitrogen and oxygen atoms in total. The first-order chi connectivity index (χ1) is 26.4. The van der Waals surface area contributed by atoms with Gasteiger partial charge in [-0.3, -0.25) is 9.59 Å². The van der Waals surface area contributed by atoms with E-state index in [9.17, 15) is 29.7 Å². The summed E-state index contributed by atoms with van der Waals surface area (Å²) >= 11 is 0. The number of ether oxygens (including phenoxy) is 2. The average Bonchev–Trinajstić information content (AvgIpc) is 3.75. The topological polar surface area (TPSA) is 130 Å². The summed E-state index contributed by atoms with van der Waals surface area (Å²) in [7, 11) is 12.9. The van der Waals surface area contributed by atoms with Crippen LogP contribution in [-0.4, -0.2) is 71.0 Å². The maximum atomic E-state index is 13.4. The molecule has 6 aliphatic carbocycles. The predicted octanol–water partition coefficient (Wildman–Crippen LogP) is 9.91. The first-order valence-electron chi connectivity index (χ1n) is 21.0. The fourth-order valence-corrected chi connectivity index (χ4v) is 13.4. The van der Waals surface area contributed by atoms with Gasteiger partial charge in [-0.2, -0.15) is 0 Å². The number of carbonyl (C=O) groups excluding carboxylic acids is 3. The van der Waals surface area contributed by atoms with Gasteiger partial charge in [-0.1, -0.05) is 60.6 Å². The van der Waals surface area contributed by atoms with Crippen LogP contribution in [0.25, 0.3) is 0 Å². The molecule has 5 unspecified atom stereocenters. The van der Waals surface area contributed by atoms with E-state index in [1.165, 1.54) is 0 Å². The predicted molar refractivity (Wildman–Crippen MR) is 250 cm³/mol. The van der Waals surface area contributed by atoms with Gasteiger partial charge in [-0.25, -0.2) is 4.79 Å². The molecule has 326 valence electrons. The van der Waals surface area contributed by atoms with Gasteiger partial charge in [0.2, 0.25) is 0 Å². The van der Waals surface area contributed by atoms with Gasteiger partial charge in [0, 0.05) is 47.0 Å². The number of rotatable bonds is 6. The van der Waals surface area contributed by atoms with Crippen molar-refractivity contribution in [2.24, 2.45) is 68.0 Å². The molecular weight excluding hydrogens is 830 g/mol. The van der Waals surface area contributed by atoms with Crippen LogP contribution >= 0.6 is 49.7 Å². The maximum absolute atomic E-state index is 13.4. The largest absolute Gasteiger partial charge is 0.460 e. The number of aliphatic hydroxyl groups excluding tert-OH is 3. The quantitative estimate of drug-likeness (QED) is 0.137. The molecule has 0 radical (unpaired) electrons. The Labute approximate surface area is 356 Å². The summed E-state index contributed by atoms with van der Waals surface area (Å²) < 4.78 is 11.7. The maximum Gasteiger partial charge on any atom is 0.332 e. The summed E-state index contributed by atoms with van der Waals surface area (Å²) in [6, 6.07) is 0. The van der Waals surface area contributed by atoms with Crippen LogP contribution in [0.4, 0.5) is 0 Å². The molecule has 0 aliphatic heterocycles. The Morgan fingerprint density at radius 1 is 0.842 bits per heavy atom. The number of methoxy groups -OCH3 is 1. The summed E-state index contributed by atoms with van der Waals surface area (Å²) in [6.07, 6.45) is 10.2. The highest BCUT2D eigenvalue weighted by Gasteiger charge is 2.69. The minimum Gasteiger partial charge on any atom is -0.460 e. The first-order valence-corrected chi connectivity index (χ1v) is 30.9. The van der Waals surface area contributed by atoms with Gasteiger partial charge in [-0.05, 0) is 113 Å². The van der Waals surface area contributed by atoms with E-state index in [-0.39, 0.29) is 77.5 Å². The smallest absolute Gasteiger partial charge is 0.332 e. The Morgan fingerprint density at radius 3 is 1.89 bits per heavy atom. The first kappa shape index (κ1) is 50.4. The van der Waals surface area contributed by atoms with Crippen molar-refractivity contribution in [1.29, 1.82) is 0 Å². The Kier molecular flexibility index (Phi) is 16.6. The molecule has 14 heteroatoms. The van der Waals surface area contributed by atoms with Crippen molar-refractivity contribution >= 4 is 67.2 Å². The monoisotopic (exact) mass is 906 g/mol. The van der Waals surface area contributed by atoms with Crippen LogP contribution in [0.15, 0.2) is 25.3 Å². The molecule has 0 aromatic carbocycles. The SMILES string of the molecule is C=C[C@]1(C)C[C@@H](O)[C@@]2(C)C3[C@H](OC)CC[C@@]3(CC[C@H]2C)[C@@H](C)C1=O.C=C[C@]1(C)C[C@@H](OC(=O)CO)[C@]2(C)[C@H](C)CC[C@]3(CCC(=O)[C@H]32)[C@@H](C)[C@@H]1O.PP(P)P(P)P. The van der Waals surface area contributed by atoms with Crippen molar-refractivity contribution in [2.45, 2.75) is 144 Å². The molecule has 0 heterocycles. The number of Topliss-reactive ketones (excluding diaryl/α,β-unsaturated/α-hetero) is 2. The summed E-state index contributed by atoms with van der Waals surface area (Å²) in [5.41, 5.74) is -2.32. The Morgan fingerprint density at radius 2 is 1.39 bits per heavy atom. The van der Waals surface area contributed by atoms with Crippen LogP contribution in [0.1, 0.15) is 120 Å². The Balaban J connectivity index is 0.000000222. The number of ketones is 2. The highest BCUT2D eigenvalue weighted by Crippen LogP contribution is 2.86. The molecule has 0 saturated heterocycles. The number of hydrogen-bond acceptors (Lipinski definition) is 8. The van der Waals surface area contributed by atoms with E-state index >= 15 is 0 Å². The van der Waals surface area contributed by atoms with E-state index in [0.717, 1.165) is 44.9 Å². The lowest BCUT2D eigenvalue weighted by atomic mass is 9.44. The lowest BCUT2D eigenvalue weighted by molar-refractivity contribution is -0.207. The molecular formula is C43H76O8P6. The molecule has 6 fully saturated rings. The molecule has 4 bridgehead atoms. The fourth-order valence-electron chi connectivity index (χ4n) is 13.4. The molecule has 3 N–H and O–H groups in total. The van der Waals surface area contributed by atoms with Crippen molar-refractivity contribution in [3.05, 3.63) is 25.3 Å². The highest BCUT2D eigenvalue weighted by molar-refractivity contribution is 8.92. The third kappa shape index (κ3) is 8.57. The van der Waals surface area contributed by atoms with Gasteiger partial charge in [0.15, 0.2) is 0 Å². The Hall–Kier alpha value is 0.710. The molecule has 6 rings (SSSR count). The number of allylic oxidation sites excluding steroid dienone is 1. The lowest BCUT2D eigenvalue weighted by Gasteiger charge is -2.61. The van der Waals surface area contributed by atoms with Crippen LogP contribution in [0.3, 0.4) is 0 Å². The van der Waals surface area contributed by atoms with Gasteiger partial charge >= 0.3 is 5.97 Å². The summed E-state index contributed by atoms with van der Waals surface area (Å²) in [6.45, 7) is 24.4. The van der Waals surface area contributed by atoms with Crippen molar-refractivity contribution in [3.63, 3.8) is 0 Å². The number of carbonyl (C=O) groups is 3. The lowest BCUT2D eigenvalue weighted by Crippen LogP contribution is -2.63. The minimum atomic E-state index is -0.686. The standard InChI is InChI=1S/C22H34O5.C21H34O3.H8P6/c1-6-20(4)11-16(27-17(25)12-23)21(5)13(2)7-9-22(14(3)19(20)26)10-8-15(24)18(21)22;1-7-19(4)12-16(22)20(5)13(2)8-10-21(14(3)18(19)23)11-9-15(24-6)17(20)21;1-5(2)6(3)4/h6,13-14,16,18-19,23,26H,1,7-12H2,2-5H3;7,13-17,22H,1,8-12H2,2-6H3;1-4H2/t13-,14+,16-,18+,19+,20-,21+,22+;13-,14+,15-,16-,17?,19-,20+,21+;/m11./s1. The molecule has 0 spiro atoms. The molecule has 57 heavy (non-hydrogen) atoms. The van der Waals surface area contributed by atoms with Crippen molar-refractivity contribution < 1.29 is 39.2 Å². The minimum absolute atomic E-state index is 0.00928. The van der Waals surface area contributed by atoms with Crippen LogP contribution in [0.5, 0.6) is 0 Å². The van der Waals surface area contributed by atoms with E-state index in [2.05, 4.69) is 90.4 Å². The van der Waals surface area contributed by atoms with Crippen LogP contribution in [0.2, 0.25) is 0 Å². The zero-order chi connectivity index (χ0) is 43.3. The van der Waals surface area contributed by atoms with Crippen LogP contribution in [-0.2, 0) is 23.9 Å². The third-order valence-electron chi connectivity index (χ3n) is 17.5. The van der Waals surface area contributed by atoms with Crippen molar-refractivity contribution in [2.75, 3.05) is 13.7 Å². The third-order valence-corrected chi connectivity index (χ3v) is 38.9. The van der Waals surface area contributed by atoms with E-state index in [1.54, 1.807) is 19.3 Å². The van der Waals surface area contributed by atoms with Crippen LogP contribution in [0, 0.1) is 68.0 Å². The summed E-state index contributed by atoms with van der Waals surface area (Å²) in [5.74, 6) is 0.408. The number of esters is 1. The van der Waals surface area contributed by atoms with Gasteiger partial charge in [0.05, 0.1) is 18.3 Å². The molecule has 20 atom stereocenters. The normalized spacial score (nSPS) is 47.8. The zero-order valence-electron chi connectivity index (χ0n) is 36.2. The second kappa shape index (κ2) is 18.8. The van der Waals surface area contributed by atoms with Gasteiger partial charge in [-0.15, -0.1) is 48.9 Å². The van der Waals surface area contributed by atoms with Gasteiger partial charge < -0.3 is 24.8 Å². The van der Waals surface area contributed by atoms with Crippen LogP contribution < -0.4 is 0 Å². The second-order valence-corrected chi connectivity index (χ2v) is 39.5. The van der Waals surface area contributed by atoms with E-state index in [4.69, 9.17) is 9.47 Å². The van der Waals surface area contributed by atoms with Crippen molar-refractivity contribution in [1.82, 2.24) is 0 Å². The zero-order valence-corrected chi connectivity index (χ0v) is 42.6. The summed E-state index contributed by atoms with van der Waals surface area (Å²) in [4.78, 5) is 38.6. The Bertz CT molecular complexity index is 1510. The van der Waals surface area contributed by atoms with E-state index in [0.29, 0.717) is 25.2 Å². The van der Waals surface area contributed by atoms with Gasteiger partial charge in [0.1, 0.15) is 24.3 Å². The molecule has 0 aromatic heterocycles. The molecule has 0 amide bonds. The van der Waals surface area contributed by atoms with Crippen molar-refractivity contribution in [3.8, 4) is 0 Å². The fraction of sp³-hybridized carbons (Fsp3) is 0.837. The average molecular weight is 907 g/mol. The second-order valence-electron chi connectivity index (χ2n) is 19.7. The van der Waals surface area contributed by atoms with Gasteiger partial charge in [0.25, 0.3) is 0 Å². The molecule has 6 aliphatic rings. The van der Waals surface area contributed by atoms with E-state index < -0.39 is 47.1 Å².